The first-order chi connectivity index (χ1) is 9.13. The van der Waals surface area contributed by atoms with Crippen molar-refractivity contribution in [2.24, 2.45) is 5.73 Å². The highest BCUT2D eigenvalue weighted by Gasteiger charge is 2.17. The Balaban J connectivity index is 2.21. The number of aryl methyl sites for hydroxylation is 1. The van der Waals surface area contributed by atoms with Gasteiger partial charge in [-0.25, -0.2) is 9.37 Å². The summed E-state index contributed by atoms with van der Waals surface area (Å²) in [4.78, 5) is 4.19. The van der Waals surface area contributed by atoms with Gasteiger partial charge in [0.05, 0.1) is 0 Å². The molecule has 0 aliphatic heterocycles. The number of halogens is 2. The van der Waals surface area contributed by atoms with Crippen LogP contribution in [0, 0.1) is 5.82 Å². The molecule has 1 heterocycles. The van der Waals surface area contributed by atoms with Crippen molar-refractivity contribution in [3.05, 3.63) is 46.2 Å². The van der Waals surface area contributed by atoms with Gasteiger partial charge in [-0.2, -0.15) is 5.10 Å². The Kier molecular flexibility index (Phi) is 4.66. The number of benzene rings is 1. The lowest BCUT2D eigenvalue weighted by Crippen LogP contribution is -2.19. The monoisotopic (exact) mass is 326 g/mol. The molecule has 2 aromatic rings. The lowest BCUT2D eigenvalue weighted by molar-refractivity contribution is 0.532. The third kappa shape index (κ3) is 3.19. The van der Waals surface area contributed by atoms with Gasteiger partial charge in [0.1, 0.15) is 18.0 Å². The van der Waals surface area contributed by atoms with Crippen LogP contribution < -0.4 is 5.73 Å². The normalized spacial score (nSPS) is 12.6. The zero-order chi connectivity index (χ0) is 13.8. The standard InChI is InChI=1S/C13H16BrFN4/c1-2-6-19-12(17-8-18-19)7-11(16)13-9(14)4-3-5-10(13)15/h3-5,8,11H,2,6-7,16H2,1H3. The molecule has 0 fully saturated rings. The molecule has 0 amide bonds. The minimum Gasteiger partial charge on any atom is -0.323 e. The van der Waals surface area contributed by atoms with Crippen molar-refractivity contribution in [2.45, 2.75) is 32.4 Å². The van der Waals surface area contributed by atoms with Crippen LogP contribution in [0.1, 0.15) is 30.8 Å². The summed E-state index contributed by atoms with van der Waals surface area (Å²) in [5.41, 5.74) is 6.58. The molecule has 0 bridgehead atoms. The fraction of sp³-hybridized carbons (Fsp3) is 0.385. The van der Waals surface area contributed by atoms with E-state index in [1.165, 1.54) is 12.4 Å². The first-order valence-electron chi connectivity index (χ1n) is 6.19. The SMILES string of the molecule is CCCn1ncnc1CC(N)c1c(F)cccc1Br. The number of aromatic nitrogens is 3. The second-order valence-electron chi connectivity index (χ2n) is 4.35. The van der Waals surface area contributed by atoms with E-state index in [4.69, 9.17) is 5.73 Å². The Hall–Kier alpha value is -1.27. The van der Waals surface area contributed by atoms with Crippen LogP contribution in [0.15, 0.2) is 29.0 Å². The quantitative estimate of drug-likeness (QED) is 0.919. The molecule has 0 radical (unpaired) electrons. The number of nitrogens with zero attached hydrogens (tertiary/aromatic N) is 3. The summed E-state index contributed by atoms with van der Waals surface area (Å²) in [7, 11) is 0. The number of hydrogen-bond acceptors (Lipinski definition) is 3. The lowest BCUT2D eigenvalue weighted by atomic mass is 10.0. The van der Waals surface area contributed by atoms with Crippen molar-refractivity contribution in [3.63, 3.8) is 0 Å². The Morgan fingerprint density at radius 2 is 2.26 bits per heavy atom. The summed E-state index contributed by atoms with van der Waals surface area (Å²) in [6.45, 7) is 2.86. The summed E-state index contributed by atoms with van der Waals surface area (Å²) >= 11 is 3.34. The van der Waals surface area contributed by atoms with Gasteiger partial charge >= 0.3 is 0 Å². The van der Waals surface area contributed by atoms with Crippen LogP contribution in [0.4, 0.5) is 4.39 Å². The molecule has 1 unspecified atom stereocenters. The third-order valence-corrected chi connectivity index (χ3v) is 3.60. The molecule has 2 rings (SSSR count). The highest BCUT2D eigenvalue weighted by molar-refractivity contribution is 9.10. The second kappa shape index (κ2) is 6.25. The smallest absolute Gasteiger partial charge is 0.138 e. The van der Waals surface area contributed by atoms with Crippen LogP contribution in [0.3, 0.4) is 0 Å². The summed E-state index contributed by atoms with van der Waals surface area (Å²) < 4.78 is 16.3. The molecule has 1 aromatic heterocycles. The molecule has 6 heteroatoms. The van der Waals surface area contributed by atoms with Crippen molar-refractivity contribution >= 4 is 15.9 Å². The predicted octanol–water partition coefficient (Wildman–Crippen LogP) is 2.83. The first kappa shape index (κ1) is 14.1. The van der Waals surface area contributed by atoms with Crippen LogP contribution >= 0.6 is 15.9 Å². The van der Waals surface area contributed by atoms with Crippen molar-refractivity contribution in [1.29, 1.82) is 0 Å². The highest BCUT2D eigenvalue weighted by atomic mass is 79.9. The summed E-state index contributed by atoms with van der Waals surface area (Å²) in [5.74, 6) is 0.480. The maximum absolute atomic E-state index is 13.8. The molecule has 1 aromatic carbocycles. The van der Waals surface area contributed by atoms with E-state index in [-0.39, 0.29) is 5.82 Å². The Morgan fingerprint density at radius 1 is 1.47 bits per heavy atom. The maximum Gasteiger partial charge on any atom is 0.138 e. The molecule has 0 aliphatic rings. The summed E-state index contributed by atoms with van der Waals surface area (Å²) in [6.07, 6.45) is 2.93. The number of rotatable bonds is 5. The fourth-order valence-corrected chi connectivity index (χ4v) is 2.64. The highest BCUT2D eigenvalue weighted by Crippen LogP contribution is 2.26. The number of nitrogens with two attached hydrogens (primary N) is 1. The van der Waals surface area contributed by atoms with Crippen LogP contribution in [0.25, 0.3) is 0 Å². The average molecular weight is 327 g/mol. The van der Waals surface area contributed by atoms with E-state index in [1.807, 2.05) is 4.68 Å². The van der Waals surface area contributed by atoms with E-state index in [0.717, 1.165) is 18.8 Å². The van der Waals surface area contributed by atoms with E-state index in [2.05, 4.69) is 32.9 Å². The summed E-state index contributed by atoms with van der Waals surface area (Å²) in [6, 6.07) is 4.40. The average Bonchev–Trinajstić information content (AvgIpc) is 2.77. The lowest BCUT2D eigenvalue weighted by Gasteiger charge is -2.14. The third-order valence-electron chi connectivity index (χ3n) is 2.90. The molecule has 1 atom stereocenters. The molecular formula is C13H16BrFN4. The molecule has 2 N–H and O–H groups in total. The van der Waals surface area contributed by atoms with E-state index in [9.17, 15) is 4.39 Å². The van der Waals surface area contributed by atoms with E-state index in [0.29, 0.717) is 16.5 Å². The van der Waals surface area contributed by atoms with Crippen LogP contribution in [-0.2, 0) is 13.0 Å². The maximum atomic E-state index is 13.8. The van der Waals surface area contributed by atoms with E-state index in [1.54, 1.807) is 12.1 Å². The molecule has 0 saturated carbocycles. The van der Waals surface area contributed by atoms with Crippen LogP contribution in [0.5, 0.6) is 0 Å². The van der Waals surface area contributed by atoms with Gasteiger partial charge in [-0.15, -0.1) is 0 Å². The Morgan fingerprint density at radius 3 is 2.95 bits per heavy atom. The molecule has 0 saturated heterocycles. The van der Waals surface area contributed by atoms with Gasteiger partial charge in [-0.1, -0.05) is 28.9 Å². The summed E-state index contributed by atoms with van der Waals surface area (Å²) in [5, 5.41) is 4.14. The minimum atomic E-state index is -0.449. The van der Waals surface area contributed by atoms with E-state index < -0.39 is 6.04 Å². The van der Waals surface area contributed by atoms with Crippen LogP contribution in [-0.4, -0.2) is 14.8 Å². The zero-order valence-corrected chi connectivity index (χ0v) is 12.3. The molecule has 0 aliphatic carbocycles. The van der Waals surface area contributed by atoms with Gasteiger partial charge in [-0.05, 0) is 18.6 Å². The van der Waals surface area contributed by atoms with E-state index >= 15 is 0 Å². The van der Waals surface area contributed by atoms with Crippen LogP contribution in [0.2, 0.25) is 0 Å². The topological polar surface area (TPSA) is 56.7 Å². The number of hydrogen-bond donors (Lipinski definition) is 1. The molecule has 102 valence electrons. The molecule has 0 spiro atoms. The molecular weight excluding hydrogens is 311 g/mol. The van der Waals surface area contributed by atoms with Crippen molar-refractivity contribution < 1.29 is 4.39 Å². The van der Waals surface area contributed by atoms with Gasteiger partial charge in [-0.3, -0.25) is 4.68 Å². The zero-order valence-electron chi connectivity index (χ0n) is 10.7. The van der Waals surface area contributed by atoms with Gasteiger partial charge in [0.15, 0.2) is 0 Å². The first-order valence-corrected chi connectivity index (χ1v) is 6.99. The minimum absolute atomic E-state index is 0.302. The van der Waals surface area contributed by atoms with Gasteiger partial charge in [0, 0.05) is 29.0 Å². The Labute approximate surface area is 120 Å². The van der Waals surface area contributed by atoms with Crippen molar-refractivity contribution in [3.8, 4) is 0 Å². The van der Waals surface area contributed by atoms with Gasteiger partial charge < -0.3 is 5.73 Å². The van der Waals surface area contributed by atoms with Gasteiger partial charge in [0.2, 0.25) is 0 Å². The second-order valence-corrected chi connectivity index (χ2v) is 5.20. The Bertz CT molecular complexity index is 535. The molecule has 19 heavy (non-hydrogen) atoms. The molecule has 4 nitrogen and oxygen atoms in total. The van der Waals surface area contributed by atoms with Gasteiger partial charge in [0.25, 0.3) is 0 Å². The largest absolute Gasteiger partial charge is 0.323 e. The van der Waals surface area contributed by atoms with Crippen molar-refractivity contribution in [1.82, 2.24) is 14.8 Å². The predicted molar refractivity (Wildman–Crippen MR) is 75.0 cm³/mol. The van der Waals surface area contributed by atoms with Crippen molar-refractivity contribution in [2.75, 3.05) is 0 Å². The fourth-order valence-electron chi connectivity index (χ4n) is 2.01.